The van der Waals surface area contributed by atoms with Gasteiger partial charge in [0.15, 0.2) is 0 Å². The van der Waals surface area contributed by atoms with E-state index in [0.29, 0.717) is 0 Å². The van der Waals surface area contributed by atoms with Crippen molar-refractivity contribution in [1.29, 1.82) is 5.26 Å². The van der Waals surface area contributed by atoms with Crippen molar-refractivity contribution < 1.29 is 0 Å². The van der Waals surface area contributed by atoms with Crippen LogP contribution in [0.15, 0.2) is 0 Å². The van der Waals surface area contributed by atoms with Crippen molar-refractivity contribution in [3.05, 3.63) is 0 Å². The SMILES string of the molecule is CCCCCCC1CCC([C@H]2CC[C@](C#N)(CC)CC2)CC1. The Balaban J connectivity index is 1.67. The van der Waals surface area contributed by atoms with Gasteiger partial charge in [0.1, 0.15) is 0 Å². The van der Waals surface area contributed by atoms with Crippen LogP contribution in [0.4, 0.5) is 0 Å². The van der Waals surface area contributed by atoms with E-state index in [1.807, 2.05) is 0 Å². The highest BCUT2D eigenvalue weighted by atomic mass is 14.4. The van der Waals surface area contributed by atoms with Crippen LogP contribution in [0, 0.1) is 34.5 Å². The second kappa shape index (κ2) is 8.95. The van der Waals surface area contributed by atoms with Gasteiger partial charge in [-0.1, -0.05) is 58.8 Å². The zero-order valence-electron chi connectivity index (χ0n) is 15.1. The molecular weight excluding hydrogens is 266 g/mol. The number of hydrogen-bond acceptors (Lipinski definition) is 1. The van der Waals surface area contributed by atoms with Gasteiger partial charge in [-0.25, -0.2) is 0 Å². The lowest BCUT2D eigenvalue weighted by molar-refractivity contribution is 0.118. The summed E-state index contributed by atoms with van der Waals surface area (Å²) in [5, 5.41) is 9.44. The van der Waals surface area contributed by atoms with Gasteiger partial charge in [-0.2, -0.15) is 5.26 Å². The predicted octanol–water partition coefficient (Wildman–Crippen LogP) is 6.87. The Bertz CT molecular complexity index is 337. The highest BCUT2D eigenvalue weighted by Gasteiger charge is 2.37. The minimum atomic E-state index is 0.0347. The third-order valence-electron chi connectivity index (χ3n) is 6.93. The van der Waals surface area contributed by atoms with Gasteiger partial charge in [0.2, 0.25) is 0 Å². The van der Waals surface area contributed by atoms with Gasteiger partial charge in [-0.15, -0.1) is 0 Å². The van der Waals surface area contributed by atoms with Crippen molar-refractivity contribution in [1.82, 2.24) is 0 Å². The van der Waals surface area contributed by atoms with Crippen LogP contribution < -0.4 is 0 Å². The molecule has 2 aliphatic carbocycles. The average Bonchev–Trinajstić information content (AvgIpc) is 2.59. The molecule has 0 amide bonds. The molecule has 0 spiro atoms. The summed E-state index contributed by atoms with van der Waals surface area (Å²) in [6, 6.07) is 2.63. The second-order valence-electron chi connectivity index (χ2n) is 8.21. The number of nitrogens with zero attached hydrogens (tertiary/aromatic N) is 1. The minimum absolute atomic E-state index is 0.0347. The van der Waals surface area contributed by atoms with Crippen molar-refractivity contribution in [3.63, 3.8) is 0 Å². The fourth-order valence-corrected chi connectivity index (χ4v) is 5.02. The van der Waals surface area contributed by atoms with Gasteiger partial charge >= 0.3 is 0 Å². The predicted molar refractivity (Wildman–Crippen MR) is 94.5 cm³/mol. The summed E-state index contributed by atoms with van der Waals surface area (Å²) < 4.78 is 0. The highest BCUT2D eigenvalue weighted by Crippen LogP contribution is 2.47. The molecule has 2 aliphatic rings. The lowest BCUT2D eigenvalue weighted by Crippen LogP contribution is -2.30. The summed E-state index contributed by atoms with van der Waals surface area (Å²) in [5.41, 5.74) is 0.0347. The molecule has 2 rings (SSSR count). The molecule has 0 aliphatic heterocycles. The fraction of sp³-hybridized carbons (Fsp3) is 0.952. The third-order valence-corrected chi connectivity index (χ3v) is 6.93. The van der Waals surface area contributed by atoms with Crippen molar-refractivity contribution in [3.8, 4) is 6.07 Å². The van der Waals surface area contributed by atoms with Crippen molar-refractivity contribution in [2.75, 3.05) is 0 Å². The van der Waals surface area contributed by atoms with Gasteiger partial charge in [0.25, 0.3) is 0 Å². The van der Waals surface area contributed by atoms with E-state index in [1.54, 1.807) is 0 Å². The standard InChI is InChI=1S/C21H37N/c1-3-5-6-7-8-18-9-11-19(12-10-18)20-13-15-21(4-2,17-22)16-14-20/h18-20H,3-16H2,1-2H3/t18?,19?,20-,21+. The summed E-state index contributed by atoms with van der Waals surface area (Å²) >= 11 is 0. The van der Waals surface area contributed by atoms with Crippen LogP contribution in [-0.4, -0.2) is 0 Å². The van der Waals surface area contributed by atoms with Crippen LogP contribution in [0.5, 0.6) is 0 Å². The molecule has 0 unspecified atom stereocenters. The maximum Gasteiger partial charge on any atom is 0.0689 e. The zero-order chi connectivity index (χ0) is 15.8. The Morgan fingerprint density at radius 1 is 0.864 bits per heavy atom. The van der Waals surface area contributed by atoms with E-state index in [1.165, 1.54) is 83.5 Å². The second-order valence-corrected chi connectivity index (χ2v) is 8.21. The van der Waals surface area contributed by atoms with Crippen LogP contribution >= 0.6 is 0 Å². The smallest absolute Gasteiger partial charge is 0.0689 e. The first-order valence-corrected chi connectivity index (χ1v) is 10.1. The first-order valence-electron chi connectivity index (χ1n) is 10.1. The molecule has 0 bridgehead atoms. The maximum atomic E-state index is 9.44. The van der Waals surface area contributed by atoms with Crippen LogP contribution in [0.3, 0.4) is 0 Å². The first-order chi connectivity index (χ1) is 10.7. The summed E-state index contributed by atoms with van der Waals surface area (Å²) in [6.07, 6.45) is 19.2. The minimum Gasteiger partial charge on any atom is -0.198 e. The number of hydrogen-bond donors (Lipinski definition) is 0. The molecule has 0 radical (unpaired) electrons. The van der Waals surface area contributed by atoms with Gasteiger partial charge in [-0.05, 0) is 62.7 Å². The molecule has 0 aromatic rings. The van der Waals surface area contributed by atoms with Crippen molar-refractivity contribution >= 4 is 0 Å². The number of unbranched alkanes of at least 4 members (excludes halogenated alkanes) is 3. The average molecular weight is 304 g/mol. The molecule has 2 saturated carbocycles. The number of rotatable bonds is 7. The Hall–Kier alpha value is -0.510. The summed E-state index contributed by atoms with van der Waals surface area (Å²) in [7, 11) is 0. The molecule has 0 N–H and O–H groups in total. The Morgan fingerprint density at radius 2 is 1.50 bits per heavy atom. The van der Waals surface area contributed by atoms with E-state index < -0.39 is 0 Å². The van der Waals surface area contributed by atoms with Crippen LogP contribution in [-0.2, 0) is 0 Å². The Labute approximate surface area is 138 Å². The molecule has 0 heterocycles. The normalized spacial score (nSPS) is 36.0. The Kier molecular flexibility index (Phi) is 7.26. The summed E-state index contributed by atoms with van der Waals surface area (Å²) in [6.45, 7) is 4.50. The third kappa shape index (κ3) is 4.74. The van der Waals surface area contributed by atoms with Crippen molar-refractivity contribution in [2.24, 2.45) is 23.2 Å². The summed E-state index contributed by atoms with van der Waals surface area (Å²) in [4.78, 5) is 0. The van der Waals surface area contributed by atoms with E-state index in [4.69, 9.17) is 0 Å². The number of nitriles is 1. The zero-order valence-corrected chi connectivity index (χ0v) is 15.1. The van der Waals surface area contributed by atoms with Crippen LogP contribution in [0.25, 0.3) is 0 Å². The molecule has 22 heavy (non-hydrogen) atoms. The van der Waals surface area contributed by atoms with Crippen LogP contribution in [0.2, 0.25) is 0 Å². The van der Waals surface area contributed by atoms with Gasteiger partial charge in [0, 0.05) is 0 Å². The maximum absolute atomic E-state index is 9.44. The monoisotopic (exact) mass is 303 g/mol. The lowest BCUT2D eigenvalue weighted by atomic mass is 9.64. The molecule has 0 aromatic carbocycles. The highest BCUT2D eigenvalue weighted by molar-refractivity contribution is 5.01. The van der Waals surface area contributed by atoms with Gasteiger partial charge in [0.05, 0.1) is 11.5 Å². The van der Waals surface area contributed by atoms with E-state index in [-0.39, 0.29) is 5.41 Å². The molecule has 126 valence electrons. The molecule has 1 heteroatoms. The molecule has 1 nitrogen and oxygen atoms in total. The molecule has 0 atom stereocenters. The lowest BCUT2D eigenvalue weighted by Gasteiger charge is -2.40. The largest absolute Gasteiger partial charge is 0.198 e. The van der Waals surface area contributed by atoms with E-state index in [0.717, 1.165) is 24.2 Å². The first kappa shape index (κ1) is 17.8. The Morgan fingerprint density at radius 3 is 2.05 bits per heavy atom. The van der Waals surface area contributed by atoms with E-state index in [2.05, 4.69) is 19.9 Å². The summed E-state index contributed by atoms with van der Waals surface area (Å²) in [5.74, 6) is 2.96. The fourth-order valence-electron chi connectivity index (χ4n) is 5.02. The van der Waals surface area contributed by atoms with E-state index in [9.17, 15) is 5.26 Å². The molecule has 0 aromatic heterocycles. The molecule has 2 fully saturated rings. The quantitative estimate of drug-likeness (QED) is 0.470. The topological polar surface area (TPSA) is 23.8 Å². The van der Waals surface area contributed by atoms with E-state index >= 15 is 0 Å². The van der Waals surface area contributed by atoms with Crippen molar-refractivity contribution in [2.45, 2.75) is 104 Å². The van der Waals surface area contributed by atoms with Gasteiger partial charge < -0.3 is 0 Å². The molecule has 0 saturated heterocycles. The van der Waals surface area contributed by atoms with Crippen LogP contribution in [0.1, 0.15) is 104 Å². The van der Waals surface area contributed by atoms with Gasteiger partial charge in [-0.3, -0.25) is 0 Å². The molecular formula is C21H37N.